The van der Waals surface area contributed by atoms with E-state index in [-0.39, 0.29) is 11.0 Å². The number of rotatable bonds is 9. The molecular weight excluding hydrogens is 386 g/mol. The summed E-state index contributed by atoms with van der Waals surface area (Å²) in [6, 6.07) is 14.9. The van der Waals surface area contributed by atoms with Crippen molar-refractivity contribution in [2.45, 2.75) is 37.2 Å². The number of Topliss-reactive ketones (excluding diaryl/α,β-unsaturated/α-hetero) is 1. The number of carbonyl (C=O) groups is 1. The highest BCUT2D eigenvalue weighted by Crippen LogP contribution is 2.33. The van der Waals surface area contributed by atoms with Crippen LogP contribution in [0.2, 0.25) is 0 Å². The van der Waals surface area contributed by atoms with Crippen LogP contribution in [0.4, 0.5) is 0 Å². The second-order valence-corrected chi connectivity index (χ2v) is 7.53. The van der Waals surface area contributed by atoms with E-state index in [0.717, 1.165) is 28.0 Å². The van der Waals surface area contributed by atoms with E-state index in [2.05, 4.69) is 10.2 Å². The number of ketones is 1. The number of nitrogens with zero attached hydrogens (tertiary/aromatic N) is 3. The van der Waals surface area contributed by atoms with E-state index >= 15 is 0 Å². The maximum absolute atomic E-state index is 13.0. The van der Waals surface area contributed by atoms with Crippen LogP contribution in [-0.4, -0.2) is 40.0 Å². The number of thioether (sulfide) groups is 1. The second-order valence-electron chi connectivity index (χ2n) is 6.36. The van der Waals surface area contributed by atoms with Gasteiger partial charge in [-0.25, -0.2) is 0 Å². The van der Waals surface area contributed by atoms with Crippen LogP contribution in [-0.2, 0) is 6.54 Å². The zero-order valence-electron chi connectivity index (χ0n) is 17.1. The average Bonchev–Trinajstić information content (AvgIpc) is 3.19. The molecule has 3 aromatic rings. The molecule has 1 atom stereocenters. The van der Waals surface area contributed by atoms with Crippen LogP contribution in [0.3, 0.4) is 0 Å². The molecule has 0 fully saturated rings. The largest absolute Gasteiger partial charge is 0.497 e. The summed E-state index contributed by atoms with van der Waals surface area (Å²) < 4.78 is 12.7. The molecule has 3 rings (SSSR count). The third-order valence-corrected chi connectivity index (χ3v) is 6.01. The molecule has 0 bridgehead atoms. The molecule has 0 aliphatic carbocycles. The molecule has 29 heavy (non-hydrogen) atoms. The van der Waals surface area contributed by atoms with Crippen LogP contribution < -0.4 is 9.47 Å². The molecule has 0 amide bonds. The van der Waals surface area contributed by atoms with Gasteiger partial charge >= 0.3 is 0 Å². The molecular formula is C22H25N3O3S. The quantitative estimate of drug-likeness (QED) is 0.374. The molecule has 0 N–H and O–H groups in total. The van der Waals surface area contributed by atoms with Crippen molar-refractivity contribution >= 4 is 17.5 Å². The Hall–Kier alpha value is -2.80. The normalized spacial score (nSPS) is 11.9. The first-order valence-corrected chi connectivity index (χ1v) is 10.4. The zero-order chi connectivity index (χ0) is 20.8. The number of hydrogen-bond acceptors (Lipinski definition) is 6. The van der Waals surface area contributed by atoms with E-state index in [1.807, 2.05) is 42.7 Å². The Morgan fingerprint density at radius 3 is 2.38 bits per heavy atom. The summed E-state index contributed by atoms with van der Waals surface area (Å²) in [5.74, 6) is 2.28. The van der Waals surface area contributed by atoms with Crippen LogP contribution in [0.5, 0.6) is 11.5 Å². The van der Waals surface area contributed by atoms with Crippen molar-refractivity contribution in [1.82, 2.24) is 14.8 Å². The molecule has 0 aliphatic rings. The van der Waals surface area contributed by atoms with Gasteiger partial charge in [0.2, 0.25) is 0 Å². The minimum atomic E-state index is -0.247. The topological polar surface area (TPSA) is 66.2 Å². The fourth-order valence-corrected chi connectivity index (χ4v) is 4.18. The van der Waals surface area contributed by atoms with Gasteiger partial charge in [-0.2, -0.15) is 0 Å². The number of aromatic nitrogens is 3. The molecule has 152 valence electrons. The lowest BCUT2D eigenvalue weighted by Crippen LogP contribution is -2.17. The van der Waals surface area contributed by atoms with Gasteiger partial charge in [-0.3, -0.25) is 4.79 Å². The number of hydrogen-bond donors (Lipinski definition) is 0. The highest BCUT2D eigenvalue weighted by Gasteiger charge is 2.24. The van der Waals surface area contributed by atoms with Gasteiger partial charge in [0.25, 0.3) is 0 Å². The number of carbonyl (C=O) groups excluding carboxylic acids is 1. The third-order valence-electron chi connectivity index (χ3n) is 4.67. The van der Waals surface area contributed by atoms with Crippen LogP contribution in [0.25, 0.3) is 11.4 Å². The molecule has 0 saturated heterocycles. The van der Waals surface area contributed by atoms with E-state index in [1.54, 1.807) is 38.5 Å². The van der Waals surface area contributed by atoms with Crippen molar-refractivity contribution in [2.24, 2.45) is 0 Å². The summed E-state index contributed by atoms with van der Waals surface area (Å²) >= 11 is 1.45. The van der Waals surface area contributed by atoms with E-state index in [0.29, 0.717) is 18.5 Å². The lowest BCUT2D eigenvalue weighted by molar-refractivity contribution is 0.0988. The molecule has 1 heterocycles. The first-order valence-electron chi connectivity index (χ1n) is 9.54. The van der Waals surface area contributed by atoms with Gasteiger partial charge in [-0.05, 0) is 49.7 Å². The smallest absolute Gasteiger partial charge is 0.192 e. The number of benzene rings is 2. The molecule has 0 spiro atoms. The minimum absolute atomic E-state index is 0.0737. The minimum Gasteiger partial charge on any atom is -0.497 e. The summed E-state index contributed by atoms with van der Waals surface area (Å²) in [6.07, 6.45) is 0.691. The molecule has 6 nitrogen and oxygen atoms in total. The first kappa shape index (κ1) is 20.9. The third kappa shape index (κ3) is 4.45. The SMILES string of the molecule is CCC(Sc1nnc(-c2ccccc2OC)n1CC)C(=O)c1ccc(OC)cc1. The average molecular weight is 412 g/mol. The Morgan fingerprint density at radius 2 is 1.76 bits per heavy atom. The maximum atomic E-state index is 13.0. The summed E-state index contributed by atoms with van der Waals surface area (Å²) in [7, 11) is 3.25. The molecule has 1 aromatic heterocycles. The van der Waals surface area contributed by atoms with Crippen molar-refractivity contribution in [3.8, 4) is 22.9 Å². The van der Waals surface area contributed by atoms with Crippen molar-refractivity contribution in [3.05, 3.63) is 54.1 Å². The lowest BCUT2D eigenvalue weighted by atomic mass is 10.1. The van der Waals surface area contributed by atoms with Crippen LogP contribution in [0, 0.1) is 0 Å². The van der Waals surface area contributed by atoms with E-state index in [9.17, 15) is 4.79 Å². The molecule has 0 saturated carbocycles. The van der Waals surface area contributed by atoms with Gasteiger partial charge in [0.1, 0.15) is 11.5 Å². The highest BCUT2D eigenvalue weighted by atomic mass is 32.2. The fourth-order valence-electron chi connectivity index (χ4n) is 3.08. The van der Waals surface area contributed by atoms with Gasteiger partial charge in [0.05, 0.1) is 25.0 Å². The van der Waals surface area contributed by atoms with E-state index in [1.165, 1.54) is 11.8 Å². The van der Waals surface area contributed by atoms with Gasteiger partial charge in [-0.1, -0.05) is 30.8 Å². The van der Waals surface area contributed by atoms with Crippen molar-refractivity contribution in [3.63, 3.8) is 0 Å². The molecule has 0 radical (unpaired) electrons. The van der Waals surface area contributed by atoms with Gasteiger partial charge in [0, 0.05) is 12.1 Å². The van der Waals surface area contributed by atoms with Crippen molar-refractivity contribution < 1.29 is 14.3 Å². The van der Waals surface area contributed by atoms with Crippen LogP contribution in [0.15, 0.2) is 53.7 Å². The Bertz CT molecular complexity index is 970. The maximum Gasteiger partial charge on any atom is 0.192 e. The lowest BCUT2D eigenvalue weighted by Gasteiger charge is -2.15. The van der Waals surface area contributed by atoms with Crippen molar-refractivity contribution in [1.29, 1.82) is 0 Å². The molecule has 0 aliphatic heterocycles. The predicted molar refractivity (Wildman–Crippen MR) is 115 cm³/mol. The standard InChI is InChI=1S/C22H25N3O3S/c1-5-19(20(26)15-11-13-16(27-3)14-12-15)29-22-24-23-21(25(22)6-2)17-9-7-8-10-18(17)28-4/h7-14,19H,5-6H2,1-4H3. The summed E-state index contributed by atoms with van der Waals surface area (Å²) in [6.45, 7) is 4.74. The summed E-state index contributed by atoms with van der Waals surface area (Å²) in [5, 5.41) is 9.25. The number of para-hydroxylation sites is 1. The van der Waals surface area contributed by atoms with Crippen LogP contribution in [0.1, 0.15) is 30.6 Å². The fraction of sp³-hybridized carbons (Fsp3) is 0.318. The Balaban J connectivity index is 1.88. The Morgan fingerprint density at radius 1 is 1.03 bits per heavy atom. The first-order chi connectivity index (χ1) is 14.1. The Labute approximate surface area is 175 Å². The Kier molecular flexibility index (Phi) is 6.93. The van der Waals surface area contributed by atoms with Gasteiger partial charge < -0.3 is 14.0 Å². The van der Waals surface area contributed by atoms with Crippen LogP contribution >= 0.6 is 11.8 Å². The van der Waals surface area contributed by atoms with E-state index in [4.69, 9.17) is 9.47 Å². The molecule has 1 unspecified atom stereocenters. The summed E-state index contributed by atoms with van der Waals surface area (Å²) in [5.41, 5.74) is 1.54. The zero-order valence-corrected chi connectivity index (χ0v) is 17.9. The number of ether oxygens (including phenoxy) is 2. The predicted octanol–water partition coefficient (Wildman–Crippen LogP) is 4.74. The second kappa shape index (κ2) is 9.60. The van der Waals surface area contributed by atoms with Crippen molar-refractivity contribution in [2.75, 3.05) is 14.2 Å². The van der Waals surface area contributed by atoms with E-state index < -0.39 is 0 Å². The number of methoxy groups -OCH3 is 2. The molecule has 7 heteroatoms. The van der Waals surface area contributed by atoms with Gasteiger partial charge in [0.15, 0.2) is 16.8 Å². The highest BCUT2D eigenvalue weighted by molar-refractivity contribution is 8.00. The monoisotopic (exact) mass is 411 g/mol. The van der Waals surface area contributed by atoms with Gasteiger partial charge in [-0.15, -0.1) is 10.2 Å². The molecule has 2 aromatic carbocycles. The summed E-state index contributed by atoms with van der Waals surface area (Å²) in [4.78, 5) is 13.0.